The molecule has 4 rings (SSSR count). The van der Waals surface area contributed by atoms with Crippen molar-refractivity contribution in [3.05, 3.63) is 22.4 Å². The van der Waals surface area contributed by atoms with E-state index < -0.39 is 5.79 Å². The lowest BCUT2D eigenvalue weighted by atomic mass is 9.94. The van der Waals surface area contributed by atoms with Crippen molar-refractivity contribution in [3.63, 3.8) is 0 Å². The summed E-state index contributed by atoms with van der Waals surface area (Å²) in [5.41, 5.74) is 1.23. The lowest BCUT2D eigenvalue weighted by Crippen LogP contribution is -2.40. The van der Waals surface area contributed by atoms with Crippen molar-refractivity contribution in [1.82, 2.24) is 0 Å². The van der Waals surface area contributed by atoms with Crippen molar-refractivity contribution in [2.75, 3.05) is 0 Å². The highest BCUT2D eigenvalue weighted by Gasteiger charge is 2.58. The van der Waals surface area contributed by atoms with Crippen molar-refractivity contribution >= 4 is 11.3 Å². The van der Waals surface area contributed by atoms with E-state index >= 15 is 0 Å². The second-order valence-electron chi connectivity index (χ2n) is 7.26. The van der Waals surface area contributed by atoms with Crippen LogP contribution in [0.1, 0.15) is 63.9 Å². The number of rotatable bonds is 6. The summed E-state index contributed by atoms with van der Waals surface area (Å²) in [6, 6.07) is 2.12. The van der Waals surface area contributed by atoms with Gasteiger partial charge in [0, 0.05) is 12.8 Å². The van der Waals surface area contributed by atoms with Gasteiger partial charge in [0.25, 0.3) is 0 Å². The minimum atomic E-state index is -0.409. The first-order valence-corrected chi connectivity index (χ1v) is 10.4. The van der Waals surface area contributed by atoms with Gasteiger partial charge in [0.15, 0.2) is 12.1 Å². The zero-order chi connectivity index (χ0) is 16.4. The lowest BCUT2D eigenvalue weighted by molar-refractivity contribution is -0.249. The average Bonchev–Trinajstić information content (AvgIpc) is 3.28. The van der Waals surface area contributed by atoms with Crippen LogP contribution in [0.3, 0.4) is 0 Å². The van der Waals surface area contributed by atoms with Crippen LogP contribution in [0.4, 0.5) is 0 Å². The molecule has 3 fully saturated rings. The van der Waals surface area contributed by atoms with Crippen molar-refractivity contribution in [1.29, 1.82) is 0 Å². The highest BCUT2D eigenvalue weighted by Crippen LogP contribution is 2.46. The molecule has 4 atom stereocenters. The first-order valence-electron chi connectivity index (χ1n) is 9.43. The molecule has 3 heterocycles. The molecule has 24 heavy (non-hydrogen) atoms. The molecule has 1 aromatic rings. The third-order valence-corrected chi connectivity index (χ3v) is 6.16. The second-order valence-corrected chi connectivity index (χ2v) is 8.04. The molecule has 0 unspecified atom stereocenters. The minimum absolute atomic E-state index is 0.0252. The fraction of sp³-hybridized carbons (Fsp3) is 0.789. The zero-order valence-corrected chi connectivity index (χ0v) is 15.3. The Hall–Kier alpha value is -0.460. The van der Waals surface area contributed by atoms with Crippen LogP contribution in [0.5, 0.6) is 0 Å². The Morgan fingerprint density at radius 3 is 2.88 bits per heavy atom. The molecule has 134 valence electrons. The molecular weight excluding hydrogens is 324 g/mol. The highest BCUT2D eigenvalue weighted by atomic mass is 32.1. The van der Waals surface area contributed by atoms with Gasteiger partial charge in [-0.05, 0) is 41.7 Å². The molecule has 5 heteroatoms. The Morgan fingerprint density at radius 2 is 2.12 bits per heavy atom. The van der Waals surface area contributed by atoms with Gasteiger partial charge in [-0.25, -0.2) is 0 Å². The Balaban J connectivity index is 1.44. The predicted molar refractivity (Wildman–Crippen MR) is 92.9 cm³/mol. The summed E-state index contributed by atoms with van der Waals surface area (Å²) >= 11 is 1.71. The molecule has 3 aliphatic rings. The molecule has 0 radical (unpaired) electrons. The van der Waals surface area contributed by atoms with Crippen molar-refractivity contribution < 1.29 is 18.9 Å². The maximum absolute atomic E-state index is 6.44. The van der Waals surface area contributed by atoms with Gasteiger partial charge < -0.3 is 18.9 Å². The van der Waals surface area contributed by atoms with E-state index in [9.17, 15) is 0 Å². The van der Waals surface area contributed by atoms with Crippen molar-refractivity contribution in [3.8, 4) is 0 Å². The Kier molecular flexibility index (Phi) is 5.25. The van der Waals surface area contributed by atoms with E-state index in [2.05, 4.69) is 23.8 Å². The molecule has 1 aliphatic carbocycles. The molecule has 2 aliphatic heterocycles. The standard InChI is InChI=1S/C19H28O4S/c1-2-3-7-15-16(20-12-14-8-11-24-13-14)17-18(21-15)23-19(22-17)9-5-4-6-10-19/h8,11,13,15-18H,2-7,9-10,12H2,1H3/t15-,16+,17-,18-/m1/s1. The Labute approximate surface area is 148 Å². The summed E-state index contributed by atoms with van der Waals surface area (Å²) in [6.45, 7) is 2.83. The monoisotopic (exact) mass is 352 g/mol. The maximum Gasteiger partial charge on any atom is 0.190 e. The minimum Gasteiger partial charge on any atom is -0.368 e. The summed E-state index contributed by atoms with van der Waals surface area (Å²) in [5.74, 6) is -0.409. The van der Waals surface area contributed by atoms with Crippen molar-refractivity contribution in [2.24, 2.45) is 0 Å². The maximum atomic E-state index is 6.44. The van der Waals surface area contributed by atoms with E-state index in [-0.39, 0.29) is 24.6 Å². The zero-order valence-electron chi connectivity index (χ0n) is 14.4. The van der Waals surface area contributed by atoms with Crippen LogP contribution < -0.4 is 0 Å². The van der Waals surface area contributed by atoms with Gasteiger partial charge in [0.2, 0.25) is 0 Å². The Morgan fingerprint density at radius 1 is 1.25 bits per heavy atom. The molecular formula is C19H28O4S. The summed E-state index contributed by atoms with van der Waals surface area (Å²) in [6.07, 6.45) is 8.66. The molecule has 1 aromatic heterocycles. The van der Waals surface area contributed by atoms with Crippen LogP contribution in [-0.2, 0) is 25.6 Å². The fourth-order valence-electron chi connectivity index (χ4n) is 4.13. The number of hydrogen-bond acceptors (Lipinski definition) is 5. The molecule has 4 nitrogen and oxygen atoms in total. The van der Waals surface area contributed by atoms with Gasteiger partial charge in [0.05, 0.1) is 12.7 Å². The molecule has 0 aromatic carbocycles. The van der Waals surface area contributed by atoms with Crippen LogP contribution >= 0.6 is 11.3 Å². The first-order chi connectivity index (χ1) is 11.8. The largest absolute Gasteiger partial charge is 0.368 e. The normalized spacial score (nSPS) is 34.7. The van der Waals surface area contributed by atoms with Gasteiger partial charge in [-0.2, -0.15) is 11.3 Å². The quantitative estimate of drug-likeness (QED) is 0.748. The van der Waals surface area contributed by atoms with Crippen LogP contribution in [0.25, 0.3) is 0 Å². The second kappa shape index (κ2) is 7.42. The van der Waals surface area contributed by atoms with Gasteiger partial charge in [-0.15, -0.1) is 0 Å². The average molecular weight is 352 g/mol. The van der Waals surface area contributed by atoms with Gasteiger partial charge in [-0.3, -0.25) is 0 Å². The number of fused-ring (bicyclic) bond motifs is 1. The SMILES string of the molecule is CCCC[C@H]1O[C@@H]2OC3(CCCCC3)O[C@@H]2[C@H]1OCc1ccsc1. The van der Waals surface area contributed by atoms with Crippen LogP contribution in [-0.4, -0.2) is 30.4 Å². The van der Waals surface area contributed by atoms with Gasteiger partial charge in [0.1, 0.15) is 12.2 Å². The smallest absolute Gasteiger partial charge is 0.190 e. The highest BCUT2D eigenvalue weighted by molar-refractivity contribution is 7.07. The number of thiophene rings is 1. The molecule has 0 amide bonds. The molecule has 0 bridgehead atoms. The van der Waals surface area contributed by atoms with E-state index in [4.69, 9.17) is 18.9 Å². The molecule has 0 N–H and O–H groups in total. The molecule has 2 saturated heterocycles. The summed E-state index contributed by atoms with van der Waals surface area (Å²) in [5, 5.41) is 4.23. The fourth-order valence-corrected chi connectivity index (χ4v) is 4.78. The third-order valence-electron chi connectivity index (χ3n) is 5.43. The van der Waals surface area contributed by atoms with E-state index in [0.717, 1.165) is 32.1 Å². The summed E-state index contributed by atoms with van der Waals surface area (Å²) in [4.78, 5) is 0. The van der Waals surface area contributed by atoms with Crippen LogP contribution in [0.2, 0.25) is 0 Å². The van der Waals surface area contributed by atoms with E-state index in [1.807, 2.05) is 0 Å². The van der Waals surface area contributed by atoms with E-state index in [1.54, 1.807) is 11.3 Å². The lowest BCUT2D eigenvalue weighted by Gasteiger charge is -2.34. The predicted octanol–water partition coefficient (Wildman–Crippen LogP) is 4.62. The van der Waals surface area contributed by atoms with E-state index in [1.165, 1.54) is 24.8 Å². The van der Waals surface area contributed by atoms with Crippen LogP contribution in [0.15, 0.2) is 16.8 Å². The summed E-state index contributed by atoms with van der Waals surface area (Å²) in [7, 11) is 0. The Bertz CT molecular complexity index is 511. The number of unbranched alkanes of at least 4 members (excludes halogenated alkanes) is 1. The molecule has 1 saturated carbocycles. The number of hydrogen-bond donors (Lipinski definition) is 0. The van der Waals surface area contributed by atoms with Crippen molar-refractivity contribution in [2.45, 2.75) is 95.3 Å². The van der Waals surface area contributed by atoms with Gasteiger partial charge in [-0.1, -0.05) is 26.2 Å². The van der Waals surface area contributed by atoms with E-state index in [0.29, 0.717) is 6.61 Å². The van der Waals surface area contributed by atoms with Gasteiger partial charge >= 0.3 is 0 Å². The topological polar surface area (TPSA) is 36.9 Å². The first kappa shape index (κ1) is 17.0. The number of ether oxygens (including phenoxy) is 4. The molecule has 1 spiro atoms. The van der Waals surface area contributed by atoms with Crippen LogP contribution in [0, 0.1) is 0 Å². The summed E-state index contributed by atoms with van der Waals surface area (Å²) < 4.78 is 25.2. The third kappa shape index (κ3) is 3.42.